The molecule has 142 valence electrons. The molecule has 0 fully saturated rings. The summed E-state index contributed by atoms with van der Waals surface area (Å²) in [5.74, 6) is -2.95. The van der Waals surface area contributed by atoms with E-state index in [0.717, 1.165) is 23.5 Å². The van der Waals surface area contributed by atoms with Crippen molar-refractivity contribution in [1.29, 1.82) is 0 Å². The zero-order chi connectivity index (χ0) is 20.2. The number of hydrogen-bond acceptors (Lipinski definition) is 8. The number of nitrogens with two attached hydrogens (primary N) is 1. The number of primary amides is 1. The second-order valence-corrected chi connectivity index (χ2v) is 7.48. The molecule has 0 aliphatic heterocycles. The molecule has 1 heterocycles. The Labute approximate surface area is 157 Å². The molecule has 0 atom stereocenters. The van der Waals surface area contributed by atoms with Crippen molar-refractivity contribution < 1.29 is 27.9 Å². The van der Waals surface area contributed by atoms with Crippen LogP contribution in [0.5, 0.6) is 0 Å². The van der Waals surface area contributed by atoms with Crippen LogP contribution in [0, 0.1) is 0 Å². The van der Waals surface area contributed by atoms with Gasteiger partial charge in [-0.15, -0.1) is 11.3 Å². The summed E-state index contributed by atoms with van der Waals surface area (Å²) in [6, 6.07) is 3.26. The van der Waals surface area contributed by atoms with Crippen LogP contribution in [-0.2, 0) is 14.8 Å². The molecular formula is C14H13N5O6S2. The number of aliphatic imine (C=N–C) groups is 1. The van der Waals surface area contributed by atoms with Crippen molar-refractivity contribution in [3.05, 3.63) is 35.0 Å². The Hall–Kier alpha value is -3.32. The summed E-state index contributed by atoms with van der Waals surface area (Å²) < 4.78 is 27.1. The van der Waals surface area contributed by atoms with E-state index in [4.69, 9.17) is 10.8 Å². The maximum atomic E-state index is 12.5. The molecule has 0 saturated carbocycles. The first-order valence-corrected chi connectivity index (χ1v) is 9.37. The summed E-state index contributed by atoms with van der Waals surface area (Å²) in [6.07, 6.45) is 0. The van der Waals surface area contributed by atoms with Gasteiger partial charge in [-0.1, -0.05) is 0 Å². The summed E-state index contributed by atoms with van der Waals surface area (Å²) in [5.41, 5.74) is 5.71. The molecule has 1 aromatic carbocycles. The zero-order valence-electron chi connectivity index (χ0n) is 13.5. The number of sulfonamides is 1. The Morgan fingerprint density at radius 3 is 2.63 bits per heavy atom. The van der Waals surface area contributed by atoms with E-state index < -0.39 is 33.5 Å². The third-order valence-corrected chi connectivity index (χ3v) is 5.31. The van der Waals surface area contributed by atoms with Gasteiger partial charge in [0.2, 0.25) is 5.91 Å². The minimum Gasteiger partial charge on any atom is -0.476 e. The van der Waals surface area contributed by atoms with Crippen molar-refractivity contribution in [2.45, 2.75) is 4.90 Å². The fraction of sp³-hybridized carbons (Fsp3) is 0.0714. The summed E-state index contributed by atoms with van der Waals surface area (Å²) in [7, 11) is -4.24. The number of hydrogen-bond donors (Lipinski definition) is 4. The summed E-state index contributed by atoms with van der Waals surface area (Å²) >= 11 is 0.780. The standard InChI is InChI=1S/C14H13N5O6S2/c1-16-5-10(20)18-9-3-2-7(4-8(9)12(15)21)27(24,25)19-13-11(14(22)23)17-6-26-13/h2-4,6,19H,1,5H2,(H2,15,21)(H,18,20)(H,22,23). The molecular weight excluding hydrogens is 398 g/mol. The molecule has 0 spiro atoms. The van der Waals surface area contributed by atoms with Gasteiger partial charge in [0.15, 0.2) is 5.69 Å². The van der Waals surface area contributed by atoms with Gasteiger partial charge in [-0.3, -0.25) is 19.3 Å². The van der Waals surface area contributed by atoms with E-state index in [9.17, 15) is 22.8 Å². The van der Waals surface area contributed by atoms with E-state index in [1.165, 1.54) is 11.6 Å². The van der Waals surface area contributed by atoms with Gasteiger partial charge in [0.25, 0.3) is 15.9 Å². The first kappa shape index (κ1) is 20.0. The van der Waals surface area contributed by atoms with Gasteiger partial charge in [-0.25, -0.2) is 18.2 Å². The molecule has 0 radical (unpaired) electrons. The number of carbonyl (C=O) groups excluding carboxylic acids is 2. The van der Waals surface area contributed by atoms with E-state index >= 15 is 0 Å². The fourth-order valence-corrected chi connectivity index (χ4v) is 3.96. The summed E-state index contributed by atoms with van der Waals surface area (Å²) in [5, 5.41) is 11.2. The number of carbonyl (C=O) groups is 3. The summed E-state index contributed by atoms with van der Waals surface area (Å²) in [6.45, 7) is 2.90. The van der Waals surface area contributed by atoms with E-state index in [2.05, 4.69) is 26.7 Å². The number of nitrogens with one attached hydrogen (secondary N) is 2. The van der Waals surface area contributed by atoms with Gasteiger partial charge in [0.1, 0.15) is 11.5 Å². The predicted octanol–water partition coefficient (Wildman–Crippen LogP) is 0.380. The molecule has 13 heteroatoms. The molecule has 2 amide bonds. The van der Waals surface area contributed by atoms with E-state index in [1.807, 2.05) is 0 Å². The van der Waals surface area contributed by atoms with Crippen LogP contribution in [-0.4, -0.2) is 49.6 Å². The van der Waals surface area contributed by atoms with Crippen molar-refractivity contribution in [3.8, 4) is 0 Å². The van der Waals surface area contributed by atoms with Crippen molar-refractivity contribution >= 4 is 56.5 Å². The molecule has 0 aliphatic rings. The van der Waals surface area contributed by atoms with E-state index in [1.54, 1.807) is 0 Å². The summed E-state index contributed by atoms with van der Waals surface area (Å²) in [4.78, 5) is 40.9. The molecule has 2 rings (SSSR count). The number of carboxylic acids is 1. The van der Waals surface area contributed by atoms with Gasteiger partial charge in [0.05, 0.1) is 21.7 Å². The Morgan fingerprint density at radius 1 is 1.33 bits per heavy atom. The molecule has 0 unspecified atom stereocenters. The van der Waals surface area contributed by atoms with Crippen LogP contribution in [0.4, 0.5) is 10.7 Å². The number of nitrogens with zero attached hydrogens (tertiary/aromatic N) is 2. The first-order chi connectivity index (χ1) is 12.7. The quantitative estimate of drug-likeness (QED) is 0.453. The molecule has 0 bridgehead atoms. The molecule has 2 aromatic rings. The number of aromatic carboxylic acids is 1. The average molecular weight is 411 g/mol. The highest BCUT2D eigenvalue weighted by atomic mass is 32.2. The van der Waals surface area contributed by atoms with Crippen LogP contribution < -0.4 is 15.8 Å². The van der Waals surface area contributed by atoms with E-state index in [0.29, 0.717) is 0 Å². The molecule has 0 saturated heterocycles. The lowest BCUT2D eigenvalue weighted by Crippen LogP contribution is -2.21. The number of rotatable bonds is 8. The lowest BCUT2D eigenvalue weighted by Gasteiger charge is -2.11. The van der Waals surface area contributed by atoms with Gasteiger partial charge in [-0.05, 0) is 24.9 Å². The number of benzene rings is 1. The van der Waals surface area contributed by atoms with Crippen LogP contribution in [0.1, 0.15) is 20.8 Å². The molecule has 27 heavy (non-hydrogen) atoms. The van der Waals surface area contributed by atoms with Crippen molar-refractivity contribution in [1.82, 2.24) is 4.98 Å². The SMILES string of the molecule is C=NCC(=O)Nc1ccc(S(=O)(=O)Nc2scnc2C(=O)O)cc1C(N)=O. The molecule has 5 N–H and O–H groups in total. The maximum absolute atomic E-state index is 12.5. The third-order valence-electron chi connectivity index (χ3n) is 3.09. The second-order valence-electron chi connectivity index (χ2n) is 4.94. The maximum Gasteiger partial charge on any atom is 0.357 e. The lowest BCUT2D eigenvalue weighted by atomic mass is 10.1. The number of amides is 2. The Morgan fingerprint density at radius 2 is 2.04 bits per heavy atom. The Kier molecular flexibility index (Phi) is 5.87. The first-order valence-electron chi connectivity index (χ1n) is 7.01. The largest absolute Gasteiger partial charge is 0.476 e. The second kappa shape index (κ2) is 7.92. The molecule has 0 aliphatic carbocycles. The highest BCUT2D eigenvalue weighted by Gasteiger charge is 2.23. The van der Waals surface area contributed by atoms with Crippen LogP contribution in [0.25, 0.3) is 0 Å². The van der Waals surface area contributed by atoms with Gasteiger partial charge in [-0.2, -0.15) is 0 Å². The van der Waals surface area contributed by atoms with Gasteiger partial charge in [0, 0.05) is 0 Å². The smallest absolute Gasteiger partial charge is 0.357 e. The van der Waals surface area contributed by atoms with Gasteiger partial charge >= 0.3 is 5.97 Å². The highest BCUT2D eigenvalue weighted by Crippen LogP contribution is 2.26. The number of aromatic nitrogens is 1. The fourth-order valence-electron chi connectivity index (χ4n) is 1.95. The van der Waals surface area contributed by atoms with Crippen LogP contribution in [0.3, 0.4) is 0 Å². The van der Waals surface area contributed by atoms with Crippen molar-refractivity contribution in [2.24, 2.45) is 10.7 Å². The van der Waals surface area contributed by atoms with E-state index in [-0.39, 0.29) is 27.7 Å². The minimum atomic E-state index is -4.24. The topological polar surface area (TPSA) is 181 Å². The normalized spacial score (nSPS) is 10.8. The van der Waals surface area contributed by atoms with Crippen molar-refractivity contribution in [3.63, 3.8) is 0 Å². The zero-order valence-corrected chi connectivity index (χ0v) is 15.1. The van der Waals surface area contributed by atoms with Crippen LogP contribution in [0.2, 0.25) is 0 Å². The third kappa shape index (κ3) is 4.65. The monoisotopic (exact) mass is 411 g/mol. The predicted molar refractivity (Wildman–Crippen MR) is 97.9 cm³/mol. The number of carboxylic acid groups (broad SMARTS) is 1. The lowest BCUT2D eigenvalue weighted by molar-refractivity contribution is -0.114. The van der Waals surface area contributed by atoms with Crippen LogP contribution >= 0.6 is 11.3 Å². The Bertz CT molecular complexity index is 1030. The Balaban J connectivity index is 2.39. The molecule has 11 nitrogen and oxygen atoms in total. The van der Waals surface area contributed by atoms with Gasteiger partial charge < -0.3 is 16.2 Å². The van der Waals surface area contributed by atoms with Crippen molar-refractivity contribution in [2.75, 3.05) is 16.6 Å². The highest BCUT2D eigenvalue weighted by molar-refractivity contribution is 7.93. The molecule has 1 aromatic heterocycles. The van der Waals surface area contributed by atoms with Crippen LogP contribution in [0.15, 0.2) is 33.6 Å². The average Bonchev–Trinajstić information content (AvgIpc) is 3.02. The minimum absolute atomic E-state index is 0.000819. The number of thiazole rings is 1. The number of anilines is 2.